The molecule has 0 saturated carbocycles. The van der Waals surface area contributed by atoms with E-state index in [0.29, 0.717) is 23.6 Å². The van der Waals surface area contributed by atoms with Gasteiger partial charge in [-0.2, -0.15) is 0 Å². The number of piperazine rings is 1. The van der Waals surface area contributed by atoms with Crippen molar-refractivity contribution in [2.75, 3.05) is 46.4 Å². The molecule has 0 bridgehead atoms. The molecule has 5 rings (SSSR count). The third kappa shape index (κ3) is 5.20. The Bertz CT molecular complexity index is 1190. The number of oxime groups is 1. The molecule has 1 fully saturated rings. The van der Waals surface area contributed by atoms with Crippen LogP contribution in [-0.4, -0.2) is 77.7 Å². The summed E-state index contributed by atoms with van der Waals surface area (Å²) in [5, 5.41) is 16.1. The Morgan fingerprint density at radius 3 is 2.67 bits per heavy atom. The number of halogens is 3. The van der Waals surface area contributed by atoms with Crippen molar-refractivity contribution in [3.63, 3.8) is 0 Å². The lowest BCUT2D eigenvalue weighted by atomic mass is 10.0. The minimum Gasteiger partial charge on any atom is -0.494 e. The molecular formula is C23H26BrCl2N5O2. The van der Waals surface area contributed by atoms with Crippen LogP contribution in [0.4, 0.5) is 5.69 Å². The lowest BCUT2D eigenvalue weighted by Gasteiger charge is -2.31. The lowest BCUT2D eigenvalue weighted by molar-refractivity contribution is 0.0864. The summed E-state index contributed by atoms with van der Waals surface area (Å²) < 4.78 is 0.936. The number of hydrogen-bond donors (Lipinski definition) is 2. The van der Waals surface area contributed by atoms with E-state index in [1.807, 2.05) is 42.5 Å². The van der Waals surface area contributed by atoms with Crippen LogP contribution in [0.2, 0.25) is 0 Å². The van der Waals surface area contributed by atoms with Crippen molar-refractivity contribution in [2.45, 2.75) is 0 Å². The van der Waals surface area contributed by atoms with Crippen LogP contribution in [0.25, 0.3) is 10.9 Å². The predicted octanol–water partition coefficient (Wildman–Crippen LogP) is 4.58. The molecule has 0 unspecified atom stereocenters. The number of para-hydroxylation sites is 1. The highest BCUT2D eigenvalue weighted by Gasteiger charge is 2.29. The van der Waals surface area contributed by atoms with Crippen LogP contribution in [0.1, 0.15) is 11.1 Å². The molecule has 33 heavy (non-hydrogen) atoms. The van der Waals surface area contributed by atoms with Gasteiger partial charge in [-0.25, -0.2) is 4.99 Å². The highest BCUT2D eigenvalue weighted by atomic mass is 79.9. The minimum atomic E-state index is 0. The first kappa shape index (κ1) is 25.5. The molecule has 1 saturated heterocycles. The number of aliphatic imine (C=N–C) groups is 1. The number of aromatic nitrogens is 1. The molecule has 10 heteroatoms. The van der Waals surface area contributed by atoms with Gasteiger partial charge >= 0.3 is 0 Å². The van der Waals surface area contributed by atoms with E-state index in [1.165, 1.54) is 0 Å². The largest absolute Gasteiger partial charge is 0.494 e. The number of nitrogens with zero attached hydrogens (tertiary/aromatic N) is 4. The van der Waals surface area contributed by atoms with Crippen LogP contribution in [0.5, 0.6) is 5.88 Å². The van der Waals surface area contributed by atoms with E-state index >= 15 is 0 Å². The van der Waals surface area contributed by atoms with Gasteiger partial charge in [-0.1, -0.05) is 45.4 Å². The van der Waals surface area contributed by atoms with Gasteiger partial charge in [0.1, 0.15) is 18.0 Å². The number of rotatable bonds is 5. The third-order valence-corrected chi connectivity index (χ3v) is 6.34. The molecule has 176 valence electrons. The average molecular weight is 555 g/mol. The van der Waals surface area contributed by atoms with E-state index < -0.39 is 0 Å². The summed E-state index contributed by atoms with van der Waals surface area (Å²) in [6, 6.07) is 13.7. The minimum absolute atomic E-state index is 0. The van der Waals surface area contributed by atoms with E-state index in [4.69, 9.17) is 9.83 Å². The smallest absolute Gasteiger partial charge is 0.199 e. The van der Waals surface area contributed by atoms with Crippen LogP contribution in [0.15, 0.2) is 57.1 Å². The Balaban J connectivity index is 0.00000153. The zero-order chi connectivity index (χ0) is 21.4. The van der Waals surface area contributed by atoms with Crippen LogP contribution >= 0.6 is 40.7 Å². The fraction of sp³-hybridized carbons (Fsp3) is 0.304. The van der Waals surface area contributed by atoms with Crippen LogP contribution < -0.4 is 0 Å². The van der Waals surface area contributed by atoms with Gasteiger partial charge in [-0.15, -0.1) is 24.8 Å². The van der Waals surface area contributed by atoms with Crippen molar-refractivity contribution in [2.24, 2.45) is 10.1 Å². The fourth-order valence-corrected chi connectivity index (χ4v) is 4.45. The first-order chi connectivity index (χ1) is 15.1. The van der Waals surface area contributed by atoms with E-state index in [-0.39, 0.29) is 30.7 Å². The molecule has 2 N–H and O–H groups in total. The SMILES string of the molecule is CN1CCN(CCO/N=C2/C(c3c(O)[nH]c4cc(Br)ccc34)=Nc3ccccc32)CC1.Cl.Cl. The average Bonchev–Trinajstić information content (AvgIpc) is 3.28. The molecule has 3 heterocycles. The Hall–Kier alpha value is -2.10. The molecule has 3 aromatic rings. The van der Waals surface area contributed by atoms with Gasteiger partial charge in [0.25, 0.3) is 0 Å². The number of benzene rings is 2. The molecule has 0 amide bonds. The second-order valence-electron chi connectivity index (χ2n) is 7.93. The molecule has 0 spiro atoms. The monoisotopic (exact) mass is 553 g/mol. The van der Waals surface area contributed by atoms with Gasteiger partial charge in [0, 0.05) is 48.1 Å². The molecule has 1 aromatic heterocycles. The molecule has 0 radical (unpaired) electrons. The summed E-state index contributed by atoms with van der Waals surface area (Å²) in [6.07, 6.45) is 0. The predicted molar refractivity (Wildman–Crippen MR) is 141 cm³/mol. The maximum atomic E-state index is 10.7. The molecule has 7 nitrogen and oxygen atoms in total. The summed E-state index contributed by atoms with van der Waals surface area (Å²) in [5.41, 5.74) is 4.46. The van der Waals surface area contributed by atoms with Crippen molar-refractivity contribution in [1.82, 2.24) is 14.8 Å². The molecule has 2 aliphatic rings. The van der Waals surface area contributed by atoms with Gasteiger partial charge in [-0.3, -0.25) is 4.90 Å². The molecule has 2 aromatic carbocycles. The zero-order valence-corrected chi connectivity index (χ0v) is 21.3. The molecular weight excluding hydrogens is 529 g/mol. The van der Waals surface area contributed by atoms with Crippen molar-refractivity contribution in [3.05, 3.63) is 58.1 Å². The van der Waals surface area contributed by atoms with E-state index in [9.17, 15) is 5.11 Å². The summed E-state index contributed by atoms with van der Waals surface area (Å²) in [6.45, 7) is 5.60. The Labute approximate surface area is 213 Å². The summed E-state index contributed by atoms with van der Waals surface area (Å²) in [5.74, 6) is 0.0739. The van der Waals surface area contributed by atoms with Crippen LogP contribution in [0, 0.1) is 0 Å². The van der Waals surface area contributed by atoms with Crippen molar-refractivity contribution < 1.29 is 9.94 Å². The van der Waals surface area contributed by atoms with Crippen molar-refractivity contribution in [1.29, 1.82) is 0 Å². The zero-order valence-electron chi connectivity index (χ0n) is 18.1. The number of hydrogen-bond acceptors (Lipinski definition) is 6. The van der Waals surface area contributed by atoms with Crippen LogP contribution in [-0.2, 0) is 4.84 Å². The van der Waals surface area contributed by atoms with Crippen molar-refractivity contribution in [3.8, 4) is 5.88 Å². The number of aromatic hydroxyl groups is 1. The van der Waals surface area contributed by atoms with Gasteiger partial charge in [0.05, 0.1) is 16.8 Å². The number of H-pyrrole nitrogens is 1. The fourth-order valence-electron chi connectivity index (χ4n) is 4.09. The molecule has 0 aliphatic carbocycles. The highest BCUT2D eigenvalue weighted by molar-refractivity contribution is 9.10. The third-order valence-electron chi connectivity index (χ3n) is 5.84. The van der Waals surface area contributed by atoms with Gasteiger partial charge in [-0.05, 0) is 25.2 Å². The lowest BCUT2D eigenvalue weighted by Crippen LogP contribution is -2.45. The van der Waals surface area contributed by atoms with Crippen molar-refractivity contribution >= 4 is 68.8 Å². The number of nitrogens with one attached hydrogen (secondary N) is 1. The van der Waals surface area contributed by atoms with E-state index in [0.717, 1.165) is 59.4 Å². The van der Waals surface area contributed by atoms with Gasteiger partial charge in [0.2, 0.25) is 0 Å². The molecule has 0 atom stereocenters. The summed E-state index contributed by atoms with van der Waals surface area (Å²) >= 11 is 3.48. The standard InChI is InChI=1S/C23H24BrN5O2.2ClH/c1-28-8-10-29(11-9-28)12-13-31-27-21-17-4-2-3-5-18(17)25-22(21)20-16-7-6-15(24)14-19(16)26-23(20)30;;/h2-7,14,26,30H,8-13H2,1H3;2*1H/b27-21+;;. The topological polar surface area (TPSA) is 76.5 Å². The van der Waals surface area contributed by atoms with Crippen LogP contribution in [0.3, 0.4) is 0 Å². The van der Waals surface area contributed by atoms with E-state index in [2.05, 4.69) is 42.9 Å². The Kier molecular flexibility index (Phi) is 8.42. The summed E-state index contributed by atoms with van der Waals surface area (Å²) in [7, 11) is 2.15. The first-order valence-corrected chi connectivity index (χ1v) is 11.2. The highest BCUT2D eigenvalue weighted by Crippen LogP contribution is 2.36. The molecule has 2 aliphatic heterocycles. The summed E-state index contributed by atoms with van der Waals surface area (Å²) in [4.78, 5) is 18.3. The Morgan fingerprint density at radius 1 is 1.12 bits per heavy atom. The number of likely N-dealkylation sites (N-methyl/N-ethyl adjacent to an activating group) is 1. The quantitative estimate of drug-likeness (QED) is 0.357. The Morgan fingerprint density at radius 2 is 1.88 bits per heavy atom. The number of fused-ring (bicyclic) bond motifs is 2. The normalized spacial score (nSPS) is 17.4. The number of aromatic amines is 1. The first-order valence-electron chi connectivity index (χ1n) is 10.4. The maximum absolute atomic E-state index is 10.7. The maximum Gasteiger partial charge on any atom is 0.199 e. The second-order valence-corrected chi connectivity index (χ2v) is 8.85. The van der Waals surface area contributed by atoms with E-state index in [1.54, 1.807) is 0 Å². The second kappa shape index (κ2) is 10.9. The van der Waals surface area contributed by atoms with Gasteiger partial charge in [0.15, 0.2) is 5.88 Å². The van der Waals surface area contributed by atoms with Gasteiger partial charge < -0.3 is 19.8 Å².